The van der Waals surface area contributed by atoms with Crippen molar-refractivity contribution in [3.8, 4) is 17.0 Å². The molecule has 1 amide bonds. The summed E-state index contributed by atoms with van der Waals surface area (Å²) in [5, 5.41) is 63.3. The van der Waals surface area contributed by atoms with Crippen LogP contribution in [0.2, 0.25) is 0 Å². The van der Waals surface area contributed by atoms with Crippen molar-refractivity contribution < 1.29 is 74.2 Å². The fourth-order valence-corrected chi connectivity index (χ4v) is 4.39. The number of nitrogens with one attached hydrogen (secondary N) is 1. The maximum Gasteiger partial charge on any atom is 1.00 e. The molecule has 0 saturated carbocycles. The van der Waals surface area contributed by atoms with Crippen LogP contribution in [-0.2, 0) is 20.9 Å². The summed E-state index contributed by atoms with van der Waals surface area (Å²) in [6.45, 7) is 0.790. The molecule has 1 aliphatic heterocycles. The van der Waals surface area contributed by atoms with Gasteiger partial charge in [0.2, 0.25) is 5.91 Å². The van der Waals surface area contributed by atoms with Gasteiger partial charge in [-0.1, -0.05) is 35.5 Å². The summed E-state index contributed by atoms with van der Waals surface area (Å²) in [5.41, 5.74) is 2.28. The second kappa shape index (κ2) is 13.7. The van der Waals surface area contributed by atoms with Crippen molar-refractivity contribution in [2.75, 3.05) is 6.61 Å². The normalized spacial score (nSPS) is 23.9. The van der Waals surface area contributed by atoms with Crippen LogP contribution in [0.4, 0.5) is 0 Å². The van der Waals surface area contributed by atoms with Crippen molar-refractivity contribution >= 4 is 11.9 Å². The Kier molecular flexibility index (Phi) is 10.8. The van der Waals surface area contributed by atoms with Gasteiger partial charge in [-0.15, -0.1) is 5.10 Å². The third-order valence-corrected chi connectivity index (χ3v) is 6.33. The number of aliphatic carboxylic acids is 1. The van der Waals surface area contributed by atoms with Crippen LogP contribution in [0.15, 0.2) is 60.8 Å². The number of ether oxygens (including phenoxy) is 2. The van der Waals surface area contributed by atoms with E-state index in [1.807, 2.05) is 30.3 Å². The number of aliphatic hydroxyl groups excluding tert-OH is 4. The van der Waals surface area contributed by atoms with Crippen molar-refractivity contribution in [2.45, 2.75) is 56.1 Å². The first-order valence-electron chi connectivity index (χ1n) is 12.2. The van der Waals surface area contributed by atoms with Gasteiger partial charge in [0.25, 0.3) is 5.79 Å². The predicted molar refractivity (Wildman–Crippen MR) is 132 cm³/mol. The SMILES string of the molecule is CC(=O)N[C@H]1[C@H]([C@@H](O)[C@H](O)CO)O[C@@](Oc2ccc(-c3cn(Cc4ccccc4)nn3)cc2)(C(=O)[O-])C[C@@H]1O.[Na+]. The Balaban J connectivity index is 0.00000441. The molecule has 0 bridgehead atoms. The molecule has 1 fully saturated rings. The minimum atomic E-state index is -2.59. The number of benzene rings is 2. The molecule has 5 N–H and O–H groups in total. The molecular formula is C26H29N4NaO9. The number of aromatic nitrogens is 3. The molecule has 208 valence electrons. The summed E-state index contributed by atoms with van der Waals surface area (Å²) < 4.78 is 12.9. The van der Waals surface area contributed by atoms with Crippen LogP contribution in [0.5, 0.6) is 5.75 Å². The number of aliphatic hydroxyl groups is 4. The molecule has 1 aromatic heterocycles. The van der Waals surface area contributed by atoms with Gasteiger partial charge < -0.3 is 45.1 Å². The first-order valence-corrected chi connectivity index (χ1v) is 12.2. The van der Waals surface area contributed by atoms with E-state index in [0.717, 1.165) is 12.5 Å². The number of nitrogens with zero attached hydrogens (tertiary/aromatic N) is 3. The second-order valence-corrected chi connectivity index (χ2v) is 9.27. The number of rotatable bonds is 10. The number of hydrogen-bond donors (Lipinski definition) is 5. The Labute approximate surface area is 251 Å². The molecule has 2 aromatic carbocycles. The predicted octanol–water partition coefficient (Wildman–Crippen LogP) is -4.81. The van der Waals surface area contributed by atoms with Gasteiger partial charge in [-0.25, -0.2) is 4.68 Å². The molecule has 14 heteroatoms. The molecule has 4 rings (SSSR count). The number of carbonyl (C=O) groups is 2. The van der Waals surface area contributed by atoms with Crippen molar-refractivity contribution in [1.82, 2.24) is 20.3 Å². The van der Waals surface area contributed by atoms with E-state index in [2.05, 4.69) is 15.6 Å². The van der Waals surface area contributed by atoms with Crippen LogP contribution < -0.4 is 44.7 Å². The Morgan fingerprint density at radius 1 is 1.20 bits per heavy atom. The molecule has 3 aromatic rings. The van der Waals surface area contributed by atoms with Gasteiger partial charge in [0.05, 0.1) is 31.5 Å². The zero-order valence-electron chi connectivity index (χ0n) is 22.0. The first kappa shape index (κ1) is 31.6. The fourth-order valence-electron chi connectivity index (χ4n) is 4.39. The molecular weight excluding hydrogens is 535 g/mol. The zero-order valence-corrected chi connectivity index (χ0v) is 24.0. The van der Waals surface area contributed by atoms with Gasteiger partial charge >= 0.3 is 29.6 Å². The van der Waals surface area contributed by atoms with E-state index in [9.17, 15) is 35.1 Å². The van der Waals surface area contributed by atoms with Gasteiger partial charge in [0, 0.05) is 18.9 Å². The molecule has 0 unspecified atom stereocenters. The van der Waals surface area contributed by atoms with E-state index in [1.165, 1.54) is 12.1 Å². The van der Waals surface area contributed by atoms with Crippen LogP contribution in [0.3, 0.4) is 0 Å². The molecule has 0 radical (unpaired) electrons. The topological polar surface area (TPSA) is 199 Å². The summed E-state index contributed by atoms with van der Waals surface area (Å²) in [6.07, 6.45) is -5.81. The Bertz CT molecular complexity index is 1280. The first-order chi connectivity index (χ1) is 18.6. The van der Waals surface area contributed by atoms with E-state index < -0.39 is 61.1 Å². The van der Waals surface area contributed by atoms with Crippen LogP contribution in [0.1, 0.15) is 18.9 Å². The van der Waals surface area contributed by atoms with Gasteiger partial charge in [-0.3, -0.25) is 4.79 Å². The van der Waals surface area contributed by atoms with Crippen LogP contribution in [-0.4, -0.2) is 90.1 Å². The number of carboxylic acid groups (broad SMARTS) is 1. The van der Waals surface area contributed by atoms with Crippen LogP contribution in [0.25, 0.3) is 11.3 Å². The molecule has 6 atom stereocenters. The maximum atomic E-state index is 12.2. The van der Waals surface area contributed by atoms with E-state index >= 15 is 0 Å². The van der Waals surface area contributed by atoms with E-state index in [-0.39, 0.29) is 35.3 Å². The van der Waals surface area contributed by atoms with Crippen molar-refractivity contribution in [1.29, 1.82) is 0 Å². The number of amides is 1. The van der Waals surface area contributed by atoms with Crippen LogP contribution >= 0.6 is 0 Å². The molecule has 1 aliphatic rings. The molecule has 0 aliphatic carbocycles. The number of hydrogen-bond acceptors (Lipinski definition) is 11. The maximum absolute atomic E-state index is 12.2. The summed E-state index contributed by atoms with van der Waals surface area (Å²) in [7, 11) is 0. The summed E-state index contributed by atoms with van der Waals surface area (Å²) in [5.74, 6) is -5.01. The third-order valence-electron chi connectivity index (χ3n) is 6.33. The van der Waals surface area contributed by atoms with E-state index in [1.54, 1.807) is 23.0 Å². The summed E-state index contributed by atoms with van der Waals surface area (Å²) in [6, 6.07) is 14.6. The monoisotopic (exact) mass is 564 g/mol. The van der Waals surface area contributed by atoms with Crippen molar-refractivity contribution in [3.05, 3.63) is 66.4 Å². The second-order valence-electron chi connectivity index (χ2n) is 9.27. The van der Waals surface area contributed by atoms with E-state index in [0.29, 0.717) is 17.8 Å². The van der Waals surface area contributed by atoms with E-state index in [4.69, 9.17) is 9.47 Å². The summed E-state index contributed by atoms with van der Waals surface area (Å²) in [4.78, 5) is 23.9. The van der Waals surface area contributed by atoms with Gasteiger partial charge in [-0.2, -0.15) is 0 Å². The Morgan fingerprint density at radius 3 is 2.48 bits per heavy atom. The Morgan fingerprint density at radius 2 is 1.88 bits per heavy atom. The average molecular weight is 565 g/mol. The van der Waals surface area contributed by atoms with Gasteiger partial charge in [-0.05, 0) is 29.8 Å². The molecule has 1 saturated heterocycles. The minimum absolute atomic E-state index is 0. The number of carbonyl (C=O) groups excluding carboxylic acids is 2. The average Bonchev–Trinajstić information content (AvgIpc) is 3.38. The fraction of sp³-hybridized carbons (Fsp3) is 0.385. The number of carboxylic acids is 1. The quantitative estimate of drug-likeness (QED) is 0.148. The largest absolute Gasteiger partial charge is 1.00 e. The van der Waals surface area contributed by atoms with Gasteiger partial charge in [0.15, 0.2) is 0 Å². The standard InChI is InChI=1S/C26H30N4O9.Na/c1-15(32)27-22-20(33)11-26(25(36)37,39-24(22)23(35)21(34)14-31)38-18-9-7-17(8-10-18)19-13-30(29-28-19)12-16-5-3-2-4-6-16;/h2-10,13,20-24,31,33-35H,11-12,14H2,1H3,(H,27,32)(H,36,37);/q;+1/p-1/t20-,21+,22+,23-,24+,26+;/m0./s1. The molecule has 40 heavy (non-hydrogen) atoms. The molecule has 2 heterocycles. The van der Waals surface area contributed by atoms with Crippen LogP contribution in [0, 0.1) is 0 Å². The van der Waals surface area contributed by atoms with Crippen molar-refractivity contribution in [2.24, 2.45) is 0 Å². The molecule has 13 nitrogen and oxygen atoms in total. The zero-order chi connectivity index (χ0) is 28.2. The molecule has 0 spiro atoms. The Hall–Kier alpha value is -2.88. The van der Waals surface area contributed by atoms with Gasteiger partial charge in [0.1, 0.15) is 35.7 Å². The smallest absolute Gasteiger partial charge is 0.543 e. The van der Waals surface area contributed by atoms with Crippen molar-refractivity contribution in [3.63, 3.8) is 0 Å². The minimum Gasteiger partial charge on any atom is -0.543 e. The third kappa shape index (κ3) is 7.25. The summed E-state index contributed by atoms with van der Waals surface area (Å²) >= 11 is 0.